The van der Waals surface area contributed by atoms with Crippen LogP contribution in [0.1, 0.15) is 0 Å². The molecule has 8 heteroatoms. The minimum absolute atomic E-state index is 0.200. The molecule has 0 radical (unpaired) electrons. The first-order chi connectivity index (χ1) is 11.9. The molecule has 0 aliphatic heterocycles. The van der Waals surface area contributed by atoms with Gasteiger partial charge in [0.25, 0.3) is 5.56 Å². The molecule has 0 fully saturated rings. The van der Waals surface area contributed by atoms with Gasteiger partial charge in [-0.3, -0.25) is 18.7 Å². The zero-order chi connectivity index (χ0) is 18.1. The molecule has 3 rings (SSSR count). The van der Waals surface area contributed by atoms with Crippen LogP contribution in [0.25, 0.3) is 10.9 Å². The molecule has 0 saturated heterocycles. The highest BCUT2D eigenvalue weighted by atomic mass is 19.1. The highest BCUT2D eigenvalue weighted by Crippen LogP contribution is 2.15. The van der Waals surface area contributed by atoms with Gasteiger partial charge in [0.05, 0.1) is 16.6 Å². The minimum atomic E-state index is -0.925. The lowest BCUT2D eigenvalue weighted by Gasteiger charge is -2.12. The number of nitrogens with zero attached hydrogens (tertiary/aromatic N) is 2. The first kappa shape index (κ1) is 16.6. The molecule has 0 aliphatic rings. The molecular weight excluding hydrogens is 332 g/mol. The number of hydrogen-bond donors (Lipinski definition) is 1. The van der Waals surface area contributed by atoms with Crippen LogP contribution in [0.4, 0.5) is 14.5 Å². The normalized spacial score (nSPS) is 10.8. The maximum Gasteiger partial charge on any atom is 0.331 e. The monoisotopic (exact) mass is 345 g/mol. The van der Waals surface area contributed by atoms with E-state index >= 15 is 0 Å². The largest absolute Gasteiger partial charge is 0.331 e. The second kappa shape index (κ2) is 6.31. The Bertz CT molecular complexity index is 1100. The number of carbonyl (C=O) groups excluding carboxylic acids is 1. The van der Waals surface area contributed by atoms with E-state index in [4.69, 9.17) is 0 Å². The molecule has 1 heterocycles. The first-order valence-corrected chi connectivity index (χ1v) is 7.32. The molecule has 0 bridgehead atoms. The lowest BCUT2D eigenvalue weighted by Crippen LogP contribution is -2.40. The summed E-state index contributed by atoms with van der Waals surface area (Å²) in [4.78, 5) is 36.6. The summed E-state index contributed by atoms with van der Waals surface area (Å²) in [5.74, 6) is -2.38. The number of carbonyl (C=O) groups is 1. The van der Waals surface area contributed by atoms with Crippen molar-refractivity contribution in [2.45, 2.75) is 6.54 Å². The third kappa shape index (κ3) is 3.06. The van der Waals surface area contributed by atoms with E-state index in [2.05, 4.69) is 5.32 Å². The molecule has 1 amide bonds. The van der Waals surface area contributed by atoms with Gasteiger partial charge in [0.1, 0.15) is 18.2 Å². The fourth-order valence-electron chi connectivity index (χ4n) is 2.52. The Morgan fingerprint density at radius 2 is 1.84 bits per heavy atom. The zero-order valence-corrected chi connectivity index (χ0v) is 13.1. The fourth-order valence-corrected chi connectivity index (χ4v) is 2.52. The predicted molar refractivity (Wildman–Crippen MR) is 88.4 cm³/mol. The SMILES string of the molecule is Cn1c(=O)c2ccccc2n(CC(=O)Nc2ccc(F)cc2F)c1=O. The Morgan fingerprint density at radius 3 is 2.56 bits per heavy atom. The molecule has 2 aromatic carbocycles. The van der Waals surface area contributed by atoms with Crippen LogP contribution in [-0.4, -0.2) is 15.0 Å². The van der Waals surface area contributed by atoms with Crippen molar-refractivity contribution in [2.75, 3.05) is 5.32 Å². The number of nitrogens with one attached hydrogen (secondary N) is 1. The average Bonchev–Trinajstić information content (AvgIpc) is 2.59. The summed E-state index contributed by atoms with van der Waals surface area (Å²) in [6.07, 6.45) is 0. The van der Waals surface area contributed by atoms with Crippen LogP contribution in [0.5, 0.6) is 0 Å². The van der Waals surface area contributed by atoms with Gasteiger partial charge in [-0.05, 0) is 24.3 Å². The lowest BCUT2D eigenvalue weighted by atomic mass is 10.2. The van der Waals surface area contributed by atoms with Crippen molar-refractivity contribution < 1.29 is 13.6 Å². The van der Waals surface area contributed by atoms with Crippen molar-refractivity contribution >= 4 is 22.5 Å². The summed E-state index contributed by atoms with van der Waals surface area (Å²) in [5, 5.41) is 2.57. The second-order valence-electron chi connectivity index (χ2n) is 5.42. The van der Waals surface area contributed by atoms with Gasteiger partial charge in [0.2, 0.25) is 5.91 Å². The van der Waals surface area contributed by atoms with E-state index < -0.39 is 35.3 Å². The van der Waals surface area contributed by atoms with E-state index in [-0.39, 0.29) is 11.1 Å². The molecule has 25 heavy (non-hydrogen) atoms. The first-order valence-electron chi connectivity index (χ1n) is 7.32. The fraction of sp³-hybridized carbons (Fsp3) is 0.118. The van der Waals surface area contributed by atoms with Gasteiger partial charge >= 0.3 is 5.69 Å². The number of fused-ring (bicyclic) bond motifs is 1. The molecule has 0 aliphatic carbocycles. The summed E-state index contributed by atoms with van der Waals surface area (Å²) in [5.41, 5.74) is -1.04. The third-order valence-electron chi connectivity index (χ3n) is 3.75. The summed E-state index contributed by atoms with van der Waals surface area (Å²) >= 11 is 0. The van der Waals surface area contributed by atoms with E-state index in [1.165, 1.54) is 7.05 Å². The third-order valence-corrected chi connectivity index (χ3v) is 3.75. The Labute approximate surface area is 139 Å². The van der Waals surface area contributed by atoms with Gasteiger partial charge in [-0.15, -0.1) is 0 Å². The molecule has 1 N–H and O–H groups in total. The van der Waals surface area contributed by atoms with Crippen molar-refractivity contribution in [3.63, 3.8) is 0 Å². The Kier molecular flexibility index (Phi) is 4.18. The quantitative estimate of drug-likeness (QED) is 0.784. The van der Waals surface area contributed by atoms with Crippen molar-refractivity contribution in [1.29, 1.82) is 0 Å². The van der Waals surface area contributed by atoms with E-state index in [0.717, 1.165) is 21.3 Å². The lowest BCUT2D eigenvalue weighted by molar-refractivity contribution is -0.116. The number of amides is 1. The Balaban J connectivity index is 1.99. The van der Waals surface area contributed by atoms with Crippen LogP contribution in [0, 0.1) is 11.6 Å². The van der Waals surface area contributed by atoms with Gasteiger partial charge in [-0.1, -0.05) is 12.1 Å². The highest BCUT2D eigenvalue weighted by Gasteiger charge is 2.14. The van der Waals surface area contributed by atoms with Crippen LogP contribution in [0.15, 0.2) is 52.1 Å². The van der Waals surface area contributed by atoms with Crippen LogP contribution >= 0.6 is 0 Å². The van der Waals surface area contributed by atoms with Gasteiger partial charge in [-0.2, -0.15) is 0 Å². The van der Waals surface area contributed by atoms with Crippen molar-refractivity contribution in [1.82, 2.24) is 9.13 Å². The van der Waals surface area contributed by atoms with Gasteiger partial charge < -0.3 is 5.32 Å². The van der Waals surface area contributed by atoms with Crippen LogP contribution in [0.3, 0.4) is 0 Å². The van der Waals surface area contributed by atoms with Crippen LogP contribution in [0.2, 0.25) is 0 Å². The number of rotatable bonds is 3. The summed E-state index contributed by atoms with van der Waals surface area (Å²) in [7, 11) is 1.31. The maximum absolute atomic E-state index is 13.6. The number of hydrogen-bond acceptors (Lipinski definition) is 3. The number of anilines is 1. The van der Waals surface area contributed by atoms with E-state index in [1.807, 2.05) is 0 Å². The average molecular weight is 345 g/mol. The van der Waals surface area contributed by atoms with Crippen molar-refractivity contribution in [3.05, 3.63) is 74.9 Å². The highest BCUT2D eigenvalue weighted by molar-refractivity contribution is 5.91. The smallest absolute Gasteiger partial charge is 0.322 e. The number of para-hydroxylation sites is 1. The van der Waals surface area contributed by atoms with E-state index in [1.54, 1.807) is 24.3 Å². The molecular formula is C17H13F2N3O3. The molecule has 0 saturated carbocycles. The molecule has 0 unspecified atom stereocenters. The Morgan fingerprint density at radius 1 is 1.12 bits per heavy atom. The summed E-state index contributed by atoms with van der Waals surface area (Å²) in [6.45, 7) is -0.426. The van der Waals surface area contributed by atoms with E-state index in [9.17, 15) is 23.2 Å². The van der Waals surface area contributed by atoms with Gasteiger partial charge in [0, 0.05) is 13.1 Å². The molecule has 128 valence electrons. The predicted octanol–water partition coefficient (Wildman–Crippen LogP) is 1.62. The topological polar surface area (TPSA) is 73.1 Å². The molecule has 3 aromatic rings. The number of aromatic nitrogens is 2. The minimum Gasteiger partial charge on any atom is -0.322 e. The maximum atomic E-state index is 13.6. The second-order valence-corrected chi connectivity index (χ2v) is 5.42. The molecule has 0 spiro atoms. The van der Waals surface area contributed by atoms with Crippen LogP contribution in [-0.2, 0) is 18.4 Å². The summed E-state index contributed by atoms with van der Waals surface area (Å²) in [6, 6.07) is 9.11. The van der Waals surface area contributed by atoms with Crippen molar-refractivity contribution in [2.24, 2.45) is 7.05 Å². The summed E-state index contributed by atoms with van der Waals surface area (Å²) < 4.78 is 28.6. The standard InChI is InChI=1S/C17H13F2N3O3/c1-21-16(24)11-4-2-3-5-14(11)22(17(21)25)9-15(23)20-13-7-6-10(18)8-12(13)19/h2-8H,9H2,1H3,(H,20,23). The van der Waals surface area contributed by atoms with Gasteiger partial charge in [-0.25, -0.2) is 13.6 Å². The Hall–Kier alpha value is -3.29. The molecule has 0 atom stereocenters. The van der Waals surface area contributed by atoms with Crippen LogP contribution < -0.4 is 16.6 Å². The number of benzene rings is 2. The van der Waals surface area contributed by atoms with Gasteiger partial charge in [0.15, 0.2) is 0 Å². The number of halogens is 2. The molecule has 6 nitrogen and oxygen atoms in total. The van der Waals surface area contributed by atoms with E-state index in [0.29, 0.717) is 11.6 Å². The van der Waals surface area contributed by atoms with Crippen molar-refractivity contribution in [3.8, 4) is 0 Å². The zero-order valence-electron chi connectivity index (χ0n) is 13.1. The molecule has 1 aromatic heterocycles.